The molecule has 0 bridgehead atoms. The summed E-state index contributed by atoms with van der Waals surface area (Å²) in [4.78, 5) is 17.1. The molecule has 0 radical (unpaired) electrons. The number of benzene rings is 2. The summed E-state index contributed by atoms with van der Waals surface area (Å²) in [5.74, 6) is 0.718. The third-order valence-corrected chi connectivity index (χ3v) is 3.63. The van der Waals surface area contributed by atoms with Crippen LogP contribution in [0.1, 0.15) is 41.8 Å². The maximum Gasteiger partial charge on any atom is 0.194 e. The monoisotopic (exact) mass is 304 g/mol. The van der Waals surface area contributed by atoms with Gasteiger partial charge in [0.05, 0.1) is 23.8 Å². The molecule has 23 heavy (non-hydrogen) atoms. The summed E-state index contributed by atoms with van der Waals surface area (Å²) in [7, 11) is 0. The minimum Gasteiger partial charge on any atom is -0.466 e. The van der Waals surface area contributed by atoms with E-state index in [0.29, 0.717) is 11.1 Å². The molecule has 0 aromatic heterocycles. The summed E-state index contributed by atoms with van der Waals surface area (Å²) in [5.41, 5.74) is 2.01. The van der Waals surface area contributed by atoms with E-state index >= 15 is 0 Å². The first-order chi connectivity index (χ1) is 11.0. The highest BCUT2D eigenvalue weighted by Crippen LogP contribution is 2.31. The van der Waals surface area contributed by atoms with E-state index < -0.39 is 5.72 Å². The van der Waals surface area contributed by atoms with Crippen LogP contribution in [0.25, 0.3) is 0 Å². The highest BCUT2D eigenvalue weighted by Gasteiger charge is 2.28. The average molecular weight is 304 g/mol. The van der Waals surface area contributed by atoms with Crippen molar-refractivity contribution >= 4 is 11.5 Å². The zero-order valence-corrected chi connectivity index (χ0v) is 13.0. The van der Waals surface area contributed by atoms with Crippen LogP contribution in [0.15, 0.2) is 53.5 Å². The summed E-state index contributed by atoms with van der Waals surface area (Å²) in [5, 5.41) is 8.83. The Morgan fingerprint density at radius 2 is 1.87 bits per heavy atom. The lowest BCUT2D eigenvalue weighted by Crippen LogP contribution is -2.32. The zero-order chi connectivity index (χ0) is 16.4. The Bertz CT molecular complexity index is 827. The minimum atomic E-state index is -0.686. The van der Waals surface area contributed by atoms with Gasteiger partial charge in [-0.15, -0.1) is 0 Å². The lowest BCUT2D eigenvalue weighted by atomic mass is 9.98. The van der Waals surface area contributed by atoms with Crippen LogP contribution < -0.4 is 4.74 Å². The van der Waals surface area contributed by atoms with Crippen molar-refractivity contribution in [2.24, 2.45) is 4.99 Å². The van der Waals surface area contributed by atoms with Crippen molar-refractivity contribution in [3.63, 3.8) is 0 Å². The third-order valence-electron chi connectivity index (χ3n) is 3.63. The lowest BCUT2D eigenvalue weighted by Gasteiger charge is -2.30. The van der Waals surface area contributed by atoms with E-state index in [2.05, 4.69) is 4.99 Å². The van der Waals surface area contributed by atoms with Crippen molar-refractivity contribution in [1.29, 1.82) is 5.26 Å². The number of hydrogen-bond acceptors (Lipinski definition) is 4. The number of carbonyl (C=O) groups excluding carboxylic acids is 1. The van der Waals surface area contributed by atoms with Crippen LogP contribution in [-0.4, -0.2) is 17.2 Å². The molecule has 0 unspecified atom stereocenters. The maximum atomic E-state index is 12.5. The second-order valence-electron chi connectivity index (χ2n) is 5.89. The molecule has 0 saturated heterocycles. The Hall–Kier alpha value is -2.93. The fourth-order valence-corrected chi connectivity index (χ4v) is 2.59. The summed E-state index contributed by atoms with van der Waals surface area (Å²) >= 11 is 0. The predicted octanol–water partition coefficient (Wildman–Crippen LogP) is 3.75. The molecule has 4 heteroatoms. The van der Waals surface area contributed by atoms with Gasteiger partial charge in [-0.25, -0.2) is 4.99 Å². The molecule has 4 nitrogen and oxygen atoms in total. The van der Waals surface area contributed by atoms with Crippen LogP contribution in [0.5, 0.6) is 5.75 Å². The SMILES string of the molecule is CC1(C)N=C(CC(=O)c2ccc(C#N)cc2)c2ccccc2O1. The zero-order valence-electron chi connectivity index (χ0n) is 13.0. The van der Waals surface area contributed by atoms with E-state index in [9.17, 15) is 4.79 Å². The predicted molar refractivity (Wildman–Crippen MR) is 87.8 cm³/mol. The molecule has 0 spiro atoms. The molecule has 114 valence electrons. The van der Waals surface area contributed by atoms with Gasteiger partial charge in [0.1, 0.15) is 5.75 Å². The second-order valence-corrected chi connectivity index (χ2v) is 5.89. The minimum absolute atomic E-state index is 0.0271. The maximum absolute atomic E-state index is 12.5. The average Bonchev–Trinajstić information content (AvgIpc) is 2.54. The molecular formula is C19H16N2O2. The Kier molecular flexibility index (Phi) is 3.71. The quantitative estimate of drug-likeness (QED) is 0.811. The van der Waals surface area contributed by atoms with Gasteiger partial charge < -0.3 is 4.74 Å². The van der Waals surface area contributed by atoms with Crippen molar-refractivity contribution < 1.29 is 9.53 Å². The van der Waals surface area contributed by atoms with Crippen LogP contribution in [0.3, 0.4) is 0 Å². The van der Waals surface area contributed by atoms with Crippen LogP contribution >= 0.6 is 0 Å². The van der Waals surface area contributed by atoms with E-state index in [4.69, 9.17) is 10.00 Å². The Morgan fingerprint density at radius 1 is 1.17 bits per heavy atom. The van der Waals surface area contributed by atoms with E-state index in [0.717, 1.165) is 17.0 Å². The summed E-state index contributed by atoms with van der Waals surface area (Å²) in [6.07, 6.45) is 0.204. The molecule has 2 aromatic carbocycles. The van der Waals surface area contributed by atoms with Crippen LogP contribution in [0.2, 0.25) is 0 Å². The number of ether oxygens (including phenoxy) is 1. The van der Waals surface area contributed by atoms with Gasteiger partial charge in [0.15, 0.2) is 11.5 Å². The van der Waals surface area contributed by atoms with Gasteiger partial charge in [0.2, 0.25) is 0 Å². The molecule has 2 aromatic rings. The first kappa shape index (κ1) is 15.0. The fraction of sp³-hybridized carbons (Fsp3) is 0.211. The molecule has 3 rings (SSSR count). The van der Waals surface area contributed by atoms with Gasteiger partial charge in [0, 0.05) is 11.1 Å². The van der Waals surface area contributed by atoms with Crippen molar-refractivity contribution in [3.05, 3.63) is 65.2 Å². The van der Waals surface area contributed by atoms with Crippen LogP contribution in [0, 0.1) is 11.3 Å². The smallest absolute Gasteiger partial charge is 0.194 e. The number of para-hydroxylation sites is 1. The Labute approximate surface area is 135 Å². The van der Waals surface area contributed by atoms with Gasteiger partial charge in [-0.1, -0.05) is 24.3 Å². The Morgan fingerprint density at radius 3 is 2.57 bits per heavy atom. The van der Waals surface area contributed by atoms with Gasteiger partial charge >= 0.3 is 0 Å². The highest BCUT2D eigenvalue weighted by atomic mass is 16.5. The number of aliphatic imine (C=N–C) groups is 1. The van der Waals surface area contributed by atoms with E-state index in [1.807, 2.05) is 44.2 Å². The third kappa shape index (κ3) is 3.14. The molecule has 0 aliphatic carbocycles. The molecule has 0 N–H and O–H groups in total. The van der Waals surface area contributed by atoms with Crippen LogP contribution in [-0.2, 0) is 0 Å². The van der Waals surface area contributed by atoms with E-state index in [1.54, 1.807) is 24.3 Å². The summed E-state index contributed by atoms with van der Waals surface area (Å²) < 4.78 is 5.83. The first-order valence-corrected chi connectivity index (χ1v) is 7.39. The number of fused-ring (bicyclic) bond motifs is 1. The molecule has 1 aliphatic heterocycles. The molecule has 0 amide bonds. The number of carbonyl (C=O) groups is 1. The number of nitrogens with zero attached hydrogens (tertiary/aromatic N) is 2. The molecule has 0 saturated carbocycles. The number of ketones is 1. The van der Waals surface area contributed by atoms with Crippen LogP contribution in [0.4, 0.5) is 0 Å². The van der Waals surface area contributed by atoms with Gasteiger partial charge in [-0.3, -0.25) is 4.79 Å². The lowest BCUT2D eigenvalue weighted by molar-refractivity contribution is 0.0994. The number of rotatable bonds is 3. The summed E-state index contributed by atoms with van der Waals surface area (Å²) in [6.45, 7) is 3.74. The van der Waals surface area contributed by atoms with Gasteiger partial charge in [0.25, 0.3) is 0 Å². The highest BCUT2D eigenvalue weighted by molar-refractivity contribution is 6.17. The van der Waals surface area contributed by atoms with Crippen molar-refractivity contribution in [2.75, 3.05) is 0 Å². The number of Topliss-reactive ketones (excluding diaryl/α,β-unsaturated/α-hetero) is 1. The van der Waals surface area contributed by atoms with Crippen molar-refractivity contribution in [1.82, 2.24) is 0 Å². The Balaban J connectivity index is 1.90. The number of hydrogen-bond donors (Lipinski definition) is 0. The topological polar surface area (TPSA) is 62.5 Å². The summed E-state index contributed by atoms with van der Waals surface area (Å²) in [6, 6.07) is 16.3. The molecule has 0 atom stereocenters. The second kappa shape index (κ2) is 5.69. The largest absolute Gasteiger partial charge is 0.466 e. The molecular weight excluding hydrogens is 288 g/mol. The van der Waals surface area contributed by atoms with Crippen molar-refractivity contribution in [3.8, 4) is 11.8 Å². The standard InChI is InChI=1S/C19H16N2O2/c1-19(2)21-16(15-5-3-4-6-18(15)23-19)11-17(22)14-9-7-13(12-20)8-10-14/h3-10H,11H2,1-2H3. The molecule has 1 heterocycles. The van der Waals surface area contributed by atoms with Crippen molar-refractivity contribution in [2.45, 2.75) is 26.0 Å². The number of nitriles is 1. The molecule has 1 aliphatic rings. The van der Waals surface area contributed by atoms with Gasteiger partial charge in [-0.2, -0.15) is 5.26 Å². The normalized spacial score (nSPS) is 14.9. The molecule has 0 fully saturated rings. The van der Waals surface area contributed by atoms with E-state index in [-0.39, 0.29) is 12.2 Å². The van der Waals surface area contributed by atoms with E-state index in [1.165, 1.54) is 0 Å². The first-order valence-electron chi connectivity index (χ1n) is 7.39. The fourth-order valence-electron chi connectivity index (χ4n) is 2.59. The van der Waals surface area contributed by atoms with Gasteiger partial charge in [-0.05, 0) is 38.1 Å².